The van der Waals surface area contributed by atoms with Gasteiger partial charge < -0.3 is 15.4 Å². The lowest BCUT2D eigenvalue weighted by atomic mass is 10.0. The van der Waals surface area contributed by atoms with Crippen molar-refractivity contribution >= 4 is 17.5 Å². The summed E-state index contributed by atoms with van der Waals surface area (Å²) in [6.45, 7) is 0.349. The molecule has 2 heterocycles. The summed E-state index contributed by atoms with van der Waals surface area (Å²) >= 11 is 0. The van der Waals surface area contributed by atoms with Gasteiger partial charge in [-0.2, -0.15) is 5.10 Å². The van der Waals surface area contributed by atoms with Crippen LogP contribution >= 0.6 is 0 Å². The van der Waals surface area contributed by atoms with Crippen molar-refractivity contribution in [1.82, 2.24) is 20.5 Å². The van der Waals surface area contributed by atoms with Gasteiger partial charge in [-0.25, -0.2) is 4.79 Å². The van der Waals surface area contributed by atoms with Crippen molar-refractivity contribution in [3.05, 3.63) is 83.7 Å². The van der Waals surface area contributed by atoms with Crippen molar-refractivity contribution in [1.29, 1.82) is 0 Å². The zero-order valence-electron chi connectivity index (χ0n) is 17.2. The molecule has 3 N–H and O–H groups in total. The molecule has 2 aromatic carbocycles. The third-order valence-electron chi connectivity index (χ3n) is 5.37. The molecule has 0 fully saturated rings. The number of aromatic amines is 1. The molecular weight excluding hydrogens is 406 g/mol. The van der Waals surface area contributed by atoms with Crippen LogP contribution in [-0.2, 0) is 6.54 Å². The maximum atomic E-state index is 13.4. The van der Waals surface area contributed by atoms with Crippen LogP contribution in [0.3, 0.4) is 0 Å². The number of urea groups is 1. The second kappa shape index (κ2) is 7.99. The fraction of sp³-hybridized carbons (Fsp3) is 0.0833. The van der Waals surface area contributed by atoms with Crippen LogP contribution in [0.5, 0.6) is 5.75 Å². The minimum Gasteiger partial charge on any atom is -0.497 e. The van der Waals surface area contributed by atoms with E-state index in [1.807, 2.05) is 42.5 Å². The average molecular weight is 425 g/mol. The molecule has 8 heteroatoms. The summed E-state index contributed by atoms with van der Waals surface area (Å²) in [7, 11) is 1.60. The van der Waals surface area contributed by atoms with Gasteiger partial charge in [-0.05, 0) is 48.0 Å². The molecule has 2 aromatic heterocycles. The van der Waals surface area contributed by atoms with E-state index < -0.39 is 6.03 Å². The van der Waals surface area contributed by atoms with Crippen LogP contribution in [0.25, 0.3) is 22.5 Å². The van der Waals surface area contributed by atoms with E-state index in [2.05, 4.69) is 25.8 Å². The molecule has 0 radical (unpaired) electrons. The minimum atomic E-state index is -0.396. The van der Waals surface area contributed by atoms with Crippen molar-refractivity contribution < 1.29 is 14.3 Å². The number of H-pyrrole nitrogens is 1. The fourth-order valence-corrected chi connectivity index (χ4v) is 3.80. The number of aromatic nitrogens is 3. The molecule has 8 nitrogen and oxygen atoms in total. The summed E-state index contributed by atoms with van der Waals surface area (Å²) in [4.78, 5) is 29.8. The Kier molecular flexibility index (Phi) is 4.87. The number of methoxy groups -OCH3 is 1. The Morgan fingerprint density at radius 1 is 1.03 bits per heavy atom. The molecule has 1 aliphatic carbocycles. The molecule has 0 atom stereocenters. The summed E-state index contributed by atoms with van der Waals surface area (Å²) in [6, 6.07) is 16.0. The van der Waals surface area contributed by atoms with Gasteiger partial charge in [0.05, 0.1) is 29.6 Å². The highest BCUT2D eigenvalue weighted by Gasteiger charge is 2.34. The molecule has 1 aliphatic rings. The van der Waals surface area contributed by atoms with E-state index in [9.17, 15) is 9.59 Å². The number of amides is 2. The van der Waals surface area contributed by atoms with E-state index in [0.29, 0.717) is 40.3 Å². The number of carbonyl (C=O) groups excluding carboxylic acids is 2. The second-order valence-corrected chi connectivity index (χ2v) is 7.27. The van der Waals surface area contributed by atoms with Gasteiger partial charge in [0.1, 0.15) is 11.4 Å². The van der Waals surface area contributed by atoms with Crippen molar-refractivity contribution in [2.24, 2.45) is 0 Å². The number of ether oxygens (including phenoxy) is 1. The van der Waals surface area contributed by atoms with Gasteiger partial charge in [0.25, 0.3) is 0 Å². The van der Waals surface area contributed by atoms with E-state index in [1.54, 1.807) is 31.6 Å². The van der Waals surface area contributed by atoms with Crippen LogP contribution in [0.4, 0.5) is 10.5 Å². The summed E-state index contributed by atoms with van der Waals surface area (Å²) in [6.07, 6.45) is 3.33. The smallest absolute Gasteiger partial charge is 0.319 e. The minimum absolute atomic E-state index is 0.181. The van der Waals surface area contributed by atoms with Crippen molar-refractivity contribution in [3.63, 3.8) is 0 Å². The lowest BCUT2D eigenvalue weighted by Crippen LogP contribution is -2.28. The normalized spacial score (nSPS) is 11.6. The lowest BCUT2D eigenvalue weighted by molar-refractivity contribution is 0.104. The Bertz CT molecular complexity index is 1310. The Labute approximate surface area is 183 Å². The number of ketones is 1. The lowest BCUT2D eigenvalue weighted by Gasteiger charge is -2.11. The number of nitrogens with zero attached hydrogens (tertiary/aromatic N) is 2. The van der Waals surface area contributed by atoms with Gasteiger partial charge in [0.15, 0.2) is 5.78 Å². The first-order valence-electron chi connectivity index (χ1n) is 10.0. The zero-order chi connectivity index (χ0) is 22.1. The highest BCUT2D eigenvalue weighted by Crippen LogP contribution is 2.43. The third-order valence-corrected chi connectivity index (χ3v) is 5.37. The number of hydrogen-bond donors (Lipinski definition) is 3. The highest BCUT2D eigenvalue weighted by molar-refractivity contribution is 6.26. The molecule has 0 unspecified atom stereocenters. The molecule has 0 spiro atoms. The maximum absolute atomic E-state index is 13.4. The molecule has 0 saturated heterocycles. The van der Waals surface area contributed by atoms with Crippen LogP contribution < -0.4 is 15.4 Å². The van der Waals surface area contributed by atoms with Crippen LogP contribution in [0.1, 0.15) is 21.5 Å². The summed E-state index contributed by atoms with van der Waals surface area (Å²) in [5.74, 6) is 0.541. The summed E-state index contributed by atoms with van der Waals surface area (Å²) in [5, 5.41) is 13.0. The Morgan fingerprint density at radius 2 is 1.81 bits per heavy atom. The first kappa shape index (κ1) is 19.5. The van der Waals surface area contributed by atoms with Crippen molar-refractivity contribution in [2.45, 2.75) is 6.54 Å². The van der Waals surface area contributed by atoms with Crippen molar-refractivity contribution in [3.8, 4) is 28.3 Å². The predicted molar refractivity (Wildman–Crippen MR) is 120 cm³/mol. The third kappa shape index (κ3) is 3.37. The van der Waals surface area contributed by atoms with Crippen LogP contribution in [-0.4, -0.2) is 34.1 Å². The van der Waals surface area contributed by atoms with Gasteiger partial charge in [0.2, 0.25) is 0 Å². The van der Waals surface area contributed by atoms with Crippen LogP contribution in [0.2, 0.25) is 0 Å². The molecular formula is C24H19N5O3. The van der Waals surface area contributed by atoms with Gasteiger partial charge in [-0.1, -0.05) is 12.1 Å². The molecule has 32 heavy (non-hydrogen) atoms. The van der Waals surface area contributed by atoms with Gasteiger partial charge in [-0.15, -0.1) is 0 Å². The number of pyridine rings is 1. The number of anilines is 1. The first-order valence-corrected chi connectivity index (χ1v) is 10.0. The molecule has 158 valence electrons. The Hall–Kier alpha value is -4.46. The van der Waals surface area contributed by atoms with Gasteiger partial charge in [0, 0.05) is 30.1 Å². The van der Waals surface area contributed by atoms with Crippen LogP contribution in [0.15, 0.2) is 67.0 Å². The molecule has 0 aliphatic heterocycles. The topological polar surface area (TPSA) is 109 Å². The van der Waals surface area contributed by atoms with Gasteiger partial charge in [-0.3, -0.25) is 14.9 Å². The molecule has 0 saturated carbocycles. The highest BCUT2D eigenvalue weighted by atomic mass is 16.5. The molecule has 0 bridgehead atoms. The Balaban J connectivity index is 1.41. The number of hydrogen-bond acceptors (Lipinski definition) is 5. The first-order chi connectivity index (χ1) is 15.7. The summed E-state index contributed by atoms with van der Waals surface area (Å²) in [5.41, 5.74) is 5.05. The number of carbonyl (C=O) groups is 2. The van der Waals surface area contributed by atoms with E-state index >= 15 is 0 Å². The molecule has 4 aromatic rings. The predicted octanol–water partition coefficient (Wildman–Crippen LogP) is 4.01. The second-order valence-electron chi connectivity index (χ2n) is 7.27. The maximum Gasteiger partial charge on any atom is 0.319 e. The monoisotopic (exact) mass is 425 g/mol. The largest absolute Gasteiger partial charge is 0.497 e. The van der Waals surface area contributed by atoms with E-state index in [1.165, 1.54) is 0 Å². The average Bonchev–Trinajstić information content (AvgIpc) is 3.39. The van der Waals surface area contributed by atoms with Crippen LogP contribution in [0, 0.1) is 0 Å². The number of benzene rings is 2. The fourth-order valence-electron chi connectivity index (χ4n) is 3.80. The van der Waals surface area contributed by atoms with Gasteiger partial charge >= 0.3 is 6.03 Å². The van der Waals surface area contributed by atoms with E-state index in [0.717, 1.165) is 16.9 Å². The Morgan fingerprint density at radius 3 is 2.56 bits per heavy atom. The molecule has 2 amide bonds. The van der Waals surface area contributed by atoms with E-state index in [4.69, 9.17) is 4.74 Å². The standard InChI is InChI=1S/C24H19N5O3/c1-32-16-7-5-15(6-8-16)21-20-22(29-28-21)17-3-2-4-18(19(17)23(20)30)27-24(31)26-13-14-9-11-25-12-10-14/h2-12H,13H2,1H3,(H,28,29)(H2,26,27,31). The number of nitrogens with one attached hydrogen (secondary N) is 3. The van der Waals surface area contributed by atoms with E-state index in [-0.39, 0.29) is 5.78 Å². The number of fused-ring (bicyclic) bond motifs is 3. The van der Waals surface area contributed by atoms with Crippen molar-refractivity contribution in [2.75, 3.05) is 12.4 Å². The SMILES string of the molecule is COc1ccc(-c2n[nH]c3c2C(=O)c2c(NC(=O)NCc4ccncc4)cccc2-3)cc1. The summed E-state index contributed by atoms with van der Waals surface area (Å²) < 4.78 is 5.21. The quantitative estimate of drug-likeness (QED) is 0.394. The zero-order valence-corrected chi connectivity index (χ0v) is 17.2. The molecule has 5 rings (SSSR count). The number of rotatable bonds is 5.